The Kier molecular flexibility index (Phi) is 5.30. The molecule has 0 radical (unpaired) electrons. The first-order valence-corrected chi connectivity index (χ1v) is 6.08. The number of nitrogens with two attached hydrogens (primary N) is 1. The average Bonchev–Trinajstić information content (AvgIpc) is 2.69. The largest absolute Gasteiger partial charge is 0.436 e. The van der Waals surface area contributed by atoms with E-state index in [-0.39, 0.29) is 30.1 Å². The number of hydrogen-bond donors (Lipinski definition) is 2. The molecule has 1 aromatic carbocycles. The van der Waals surface area contributed by atoms with Gasteiger partial charge in [-0.3, -0.25) is 4.79 Å². The molecule has 0 aliphatic rings. The number of oxazole rings is 1. The molecule has 20 heavy (non-hydrogen) atoms. The average molecular weight is 296 g/mol. The molecular formula is C14H18ClN3O2. The molecule has 1 heterocycles. The highest BCUT2D eigenvalue weighted by Crippen LogP contribution is 2.16. The number of anilines is 1. The van der Waals surface area contributed by atoms with Crippen LogP contribution in [0.4, 0.5) is 5.69 Å². The number of aromatic nitrogens is 1. The van der Waals surface area contributed by atoms with Crippen LogP contribution in [0, 0.1) is 13.8 Å². The number of amides is 1. The third kappa shape index (κ3) is 3.59. The topological polar surface area (TPSA) is 81.2 Å². The molecule has 0 aliphatic heterocycles. The van der Waals surface area contributed by atoms with Gasteiger partial charge in [0.15, 0.2) is 5.89 Å². The van der Waals surface area contributed by atoms with Gasteiger partial charge in [0.1, 0.15) is 0 Å². The Labute approximate surface area is 124 Å². The van der Waals surface area contributed by atoms with Gasteiger partial charge in [0.2, 0.25) is 5.76 Å². The van der Waals surface area contributed by atoms with E-state index in [9.17, 15) is 4.79 Å². The lowest BCUT2D eigenvalue weighted by atomic mass is 10.1. The smallest absolute Gasteiger partial charge is 0.293 e. The van der Waals surface area contributed by atoms with E-state index in [4.69, 9.17) is 10.2 Å². The van der Waals surface area contributed by atoms with E-state index in [0.29, 0.717) is 17.3 Å². The number of aryl methyl sites for hydroxylation is 2. The van der Waals surface area contributed by atoms with Crippen LogP contribution in [0.3, 0.4) is 0 Å². The zero-order valence-corrected chi connectivity index (χ0v) is 12.5. The molecule has 0 saturated carbocycles. The number of hydrogen-bond acceptors (Lipinski definition) is 4. The van der Waals surface area contributed by atoms with E-state index in [2.05, 4.69) is 10.3 Å². The summed E-state index contributed by atoms with van der Waals surface area (Å²) in [5.41, 5.74) is 8.07. The van der Waals surface area contributed by atoms with Gasteiger partial charge in [0.05, 0.1) is 5.69 Å². The molecule has 0 spiro atoms. The molecular weight excluding hydrogens is 278 g/mol. The van der Waals surface area contributed by atoms with Crippen molar-refractivity contribution in [2.24, 2.45) is 5.73 Å². The van der Waals surface area contributed by atoms with E-state index < -0.39 is 0 Å². The minimum atomic E-state index is -0.299. The molecule has 1 atom stereocenters. The number of nitrogens with zero attached hydrogens (tertiary/aromatic N) is 1. The van der Waals surface area contributed by atoms with Gasteiger partial charge >= 0.3 is 0 Å². The molecule has 2 rings (SSSR count). The lowest BCUT2D eigenvalue weighted by molar-refractivity contribution is 0.0994. The van der Waals surface area contributed by atoms with Crippen molar-refractivity contribution in [1.29, 1.82) is 0 Å². The van der Waals surface area contributed by atoms with Crippen molar-refractivity contribution >= 4 is 24.0 Å². The second kappa shape index (κ2) is 6.54. The molecule has 3 N–H and O–H groups in total. The Hall–Kier alpha value is -1.85. The van der Waals surface area contributed by atoms with Crippen molar-refractivity contribution in [2.75, 3.05) is 5.32 Å². The molecule has 5 nitrogen and oxygen atoms in total. The molecule has 2 aromatic rings. The number of benzene rings is 1. The fourth-order valence-corrected chi connectivity index (χ4v) is 1.80. The van der Waals surface area contributed by atoms with Gasteiger partial charge in [-0.25, -0.2) is 4.98 Å². The Morgan fingerprint density at radius 1 is 1.30 bits per heavy atom. The normalized spacial score (nSPS) is 11.6. The van der Waals surface area contributed by atoms with Crippen molar-refractivity contribution in [1.82, 2.24) is 4.98 Å². The number of halogens is 1. The second-order valence-electron chi connectivity index (χ2n) is 4.51. The van der Waals surface area contributed by atoms with Crippen molar-refractivity contribution in [3.63, 3.8) is 0 Å². The van der Waals surface area contributed by atoms with Crippen LogP contribution in [0.25, 0.3) is 0 Å². The van der Waals surface area contributed by atoms with Gasteiger partial charge in [0, 0.05) is 18.7 Å². The lowest BCUT2D eigenvalue weighted by Gasteiger charge is -2.07. The van der Waals surface area contributed by atoms with Crippen molar-refractivity contribution < 1.29 is 9.21 Å². The number of carbonyl (C=O) groups excluding carboxylic acids is 1. The van der Waals surface area contributed by atoms with Gasteiger partial charge in [0.25, 0.3) is 5.91 Å². The highest BCUT2D eigenvalue weighted by Gasteiger charge is 2.15. The van der Waals surface area contributed by atoms with E-state index in [1.54, 1.807) is 13.8 Å². The van der Waals surface area contributed by atoms with Gasteiger partial charge < -0.3 is 15.5 Å². The van der Waals surface area contributed by atoms with Crippen LogP contribution in [0.5, 0.6) is 0 Å². The highest BCUT2D eigenvalue weighted by molar-refractivity contribution is 6.02. The molecule has 6 heteroatoms. The zero-order chi connectivity index (χ0) is 14.0. The number of rotatable bonds is 3. The zero-order valence-electron chi connectivity index (χ0n) is 11.6. The summed E-state index contributed by atoms with van der Waals surface area (Å²) in [6.45, 7) is 5.36. The van der Waals surface area contributed by atoms with Crippen molar-refractivity contribution in [2.45, 2.75) is 26.8 Å². The van der Waals surface area contributed by atoms with Crippen LogP contribution < -0.4 is 11.1 Å². The van der Waals surface area contributed by atoms with Gasteiger partial charge in [-0.2, -0.15) is 0 Å². The predicted molar refractivity (Wildman–Crippen MR) is 80.2 cm³/mol. The summed E-state index contributed by atoms with van der Waals surface area (Å²) < 4.78 is 5.27. The second-order valence-corrected chi connectivity index (χ2v) is 4.51. The van der Waals surface area contributed by atoms with Crippen LogP contribution in [0.1, 0.15) is 40.7 Å². The third-order valence-corrected chi connectivity index (χ3v) is 2.80. The van der Waals surface area contributed by atoms with E-state index in [1.807, 2.05) is 31.2 Å². The minimum Gasteiger partial charge on any atom is -0.436 e. The van der Waals surface area contributed by atoms with E-state index in [1.165, 1.54) is 0 Å². The van der Waals surface area contributed by atoms with Crippen molar-refractivity contribution in [3.8, 4) is 0 Å². The van der Waals surface area contributed by atoms with E-state index >= 15 is 0 Å². The minimum absolute atomic E-state index is 0. The standard InChI is InChI=1S/C14H17N3O2.ClH/c1-8(15)11-4-6-12(7-5-11)17-14(18)13-9(2)16-10(3)19-13;/h4-8H,15H2,1-3H3,(H,17,18);1H. The van der Waals surface area contributed by atoms with Gasteiger partial charge in [-0.15, -0.1) is 12.4 Å². The summed E-state index contributed by atoms with van der Waals surface area (Å²) in [6, 6.07) is 7.38. The maximum absolute atomic E-state index is 12.0. The Bertz CT molecular complexity index is 591. The Balaban J connectivity index is 0.00000200. The Morgan fingerprint density at radius 3 is 2.35 bits per heavy atom. The quantitative estimate of drug-likeness (QED) is 0.912. The summed E-state index contributed by atoms with van der Waals surface area (Å²) in [6.07, 6.45) is 0. The summed E-state index contributed by atoms with van der Waals surface area (Å²) in [5.74, 6) is 0.426. The third-order valence-electron chi connectivity index (χ3n) is 2.80. The molecule has 0 saturated heterocycles. The van der Waals surface area contributed by atoms with Crippen LogP contribution >= 0.6 is 12.4 Å². The molecule has 108 valence electrons. The fourth-order valence-electron chi connectivity index (χ4n) is 1.80. The maximum Gasteiger partial charge on any atom is 0.293 e. The summed E-state index contributed by atoms with van der Waals surface area (Å²) >= 11 is 0. The summed E-state index contributed by atoms with van der Waals surface area (Å²) in [7, 11) is 0. The fraction of sp³-hybridized carbons (Fsp3) is 0.286. The van der Waals surface area contributed by atoms with Crippen LogP contribution in [-0.2, 0) is 0 Å². The molecule has 0 aliphatic carbocycles. The monoisotopic (exact) mass is 295 g/mol. The molecule has 1 amide bonds. The first kappa shape index (κ1) is 16.2. The first-order chi connectivity index (χ1) is 8.97. The molecule has 0 fully saturated rings. The van der Waals surface area contributed by atoms with Gasteiger partial charge in [-0.05, 0) is 31.5 Å². The van der Waals surface area contributed by atoms with Gasteiger partial charge in [-0.1, -0.05) is 12.1 Å². The molecule has 1 unspecified atom stereocenters. The molecule has 1 aromatic heterocycles. The summed E-state index contributed by atoms with van der Waals surface area (Å²) in [5, 5.41) is 2.77. The lowest BCUT2D eigenvalue weighted by Crippen LogP contribution is -2.12. The Morgan fingerprint density at radius 2 is 1.90 bits per heavy atom. The summed E-state index contributed by atoms with van der Waals surface area (Å²) in [4.78, 5) is 16.1. The maximum atomic E-state index is 12.0. The van der Waals surface area contributed by atoms with Crippen molar-refractivity contribution in [3.05, 3.63) is 47.2 Å². The predicted octanol–water partition coefficient (Wildman–Crippen LogP) is 2.99. The van der Waals surface area contributed by atoms with E-state index in [0.717, 1.165) is 5.56 Å². The first-order valence-electron chi connectivity index (χ1n) is 6.08. The number of carbonyl (C=O) groups is 1. The number of nitrogens with one attached hydrogen (secondary N) is 1. The van der Waals surface area contributed by atoms with Crippen LogP contribution in [0.15, 0.2) is 28.7 Å². The molecule has 0 bridgehead atoms. The highest BCUT2D eigenvalue weighted by atomic mass is 35.5. The SMILES string of the molecule is Cc1nc(C)c(C(=O)Nc2ccc(C(C)N)cc2)o1.Cl. The van der Waals surface area contributed by atoms with Crippen LogP contribution in [-0.4, -0.2) is 10.9 Å². The van der Waals surface area contributed by atoms with Crippen LogP contribution in [0.2, 0.25) is 0 Å².